The Balaban J connectivity index is 1.68. The minimum Gasteiger partial charge on any atom is -0.478 e. The van der Waals surface area contributed by atoms with Crippen LogP contribution < -0.4 is 10.6 Å². The molecule has 0 saturated carbocycles. The number of rotatable bonds is 11. The quantitative estimate of drug-likeness (QED) is 0.279. The van der Waals surface area contributed by atoms with Gasteiger partial charge in [0.25, 0.3) is 0 Å². The maximum atomic E-state index is 12.1. The first-order valence-corrected chi connectivity index (χ1v) is 12.2. The van der Waals surface area contributed by atoms with Gasteiger partial charge >= 0.3 is 5.97 Å². The molecule has 0 aliphatic rings. The van der Waals surface area contributed by atoms with Crippen LogP contribution in [0.15, 0.2) is 60.7 Å². The van der Waals surface area contributed by atoms with E-state index >= 15 is 0 Å². The number of carbonyl (C=O) groups excluding carboxylic acids is 1. The number of hydrogen-bond donors (Lipinski definition) is 3. The standard InChI is InChI=1S/C28H30N6O3/c1-3-4-7-22-24(28(36)37)14-18(2)15-25(22)34(17-26(29)35)16-19-10-12-20(13-11-19)21-8-5-6-9-23(21)27-30-32-33-31-27/h5-6,8-15H,3-4,7,16-17H2,1-2H3,(H2,29,35)(H,36,37)(H,30,31,32,33). The number of aromatic carboxylic acids is 1. The second kappa shape index (κ2) is 11.5. The second-order valence-electron chi connectivity index (χ2n) is 9.02. The zero-order valence-corrected chi connectivity index (χ0v) is 20.9. The van der Waals surface area contributed by atoms with E-state index in [0.717, 1.165) is 51.9 Å². The molecule has 0 spiro atoms. The van der Waals surface area contributed by atoms with Gasteiger partial charge in [0.1, 0.15) is 0 Å². The average molecular weight is 499 g/mol. The van der Waals surface area contributed by atoms with Crippen LogP contribution in [-0.4, -0.2) is 44.2 Å². The monoisotopic (exact) mass is 498 g/mol. The number of primary amides is 1. The number of H-pyrrole nitrogens is 1. The molecule has 4 aromatic rings. The summed E-state index contributed by atoms with van der Waals surface area (Å²) in [5.74, 6) is -0.939. The van der Waals surface area contributed by atoms with Crippen molar-refractivity contribution in [2.24, 2.45) is 5.73 Å². The van der Waals surface area contributed by atoms with E-state index in [1.165, 1.54) is 0 Å². The zero-order valence-electron chi connectivity index (χ0n) is 20.9. The van der Waals surface area contributed by atoms with Gasteiger partial charge in [-0.05, 0) is 64.9 Å². The number of carboxylic acids is 1. The number of aromatic amines is 1. The molecule has 9 nitrogen and oxygen atoms in total. The number of benzene rings is 3. The molecule has 1 heterocycles. The van der Waals surface area contributed by atoms with Gasteiger partial charge in [-0.15, -0.1) is 10.2 Å². The molecular formula is C28H30N6O3. The van der Waals surface area contributed by atoms with Gasteiger partial charge in [-0.3, -0.25) is 4.79 Å². The summed E-state index contributed by atoms with van der Waals surface area (Å²) >= 11 is 0. The molecule has 9 heteroatoms. The van der Waals surface area contributed by atoms with Crippen LogP contribution in [0, 0.1) is 6.92 Å². The van der Waals surface area contributed by atoms with Gasteiger partial charge in [-0.25, -0.2) is 4.79 Å². The summed E-state index contributed by atoms with van der Waals surface area (Å²) in [7, 11) is 0. The van der Waals surface area contributed by atoms with Gasteiger partial charge in [0.05, 0.1) is 12.1 Å². The molecule has 4 N–H and O–H groups in total. The van der Waals surface area contributed by atoms with Gasteiger partial charge in [0.15, 0.2) is 0 Å². The number of aromatic nitrogens is 4. The van der Waals surface area contributed by atoms with Gasteiger partial charge in [0, 0.05) is 17.8 Å². The predicted molar refractivity (Wildman–Crippen MR) is 142 cm³/mol. The Morgan fingerprint density at radius 3 is 2.41 bits per heavy atom. The highest BCUT2D eigenvalue weighted by molar-refractivity contribution is 5.92. The summed E-state index contributed by atoms with van der Waals surface area (Å²) in [5.41, 5.74) is 11.9. The third-order valence-electron chi connectivity index (χ3n) is 6.22. The van der Waals surface area contributed by atoms with Crippen LogP contribution in [0.1, 0.15) is 46.8 Å². The zero-order chi connectivity index (χ0) is 26.4. The number of nitrogens with one attached hydrogen (secondary N) is 1. The van der Waals surface area contributed by atoms with E-state index in [1.807, 2.05) is 66.4 Å². The van der Waals surface area contributed by atoms with Crippen LogP contribution >= 0.6 is 0 Å². The van der Waals surface area contributed by atoms with Gasteiger partial charge in [0.2, 0.25) is 11.7 Å². The number of tetrazole rings is 1. The normalized spacial score (nSPS) is 10.9. The van der Waals surface area contributed by atoms with Crippen LogP contribution in [0.5, 0.6) is 0 Å². The van der Waals surface area contributed by atoms with E-state index < -0.39 is 11.9 Å². The van der Waals surface area contributed by atoms with Crippen molar-refractivity contribution in [1.29, 1.82) is 0 Å². The largest absolute Gasteiger partial charge is 0.478 e. The fourth-order valence-corrected chi connectivity index (χ4v) is 4.52. The summed E-state index contributed by atoms with van der Waals surface area (Å²) in [6.07, 6.45) is 2.37. The fraction of sp³-hybridized carbons (Fsp3) is 0.250. The van der Waals surface area contributed by atoms with Crippen molar-refractivity contribution in [3.05, 3.63) is 82.9 Å². The molecular weight excluding hydrogens is 468 g/mol. The summed E-state index contributed by atoms with van der Waals surface area (Å²) < 4.78 is 0. The van der Waals surface area contributed by atoms with Gasteiger partial charge < -0.3 is 15.7 Å². The number of anilines is 1. The molecule has 190 valence electrons. The molecule has 0 radical (unpaired) electrons. The molecule has 3 aromatic carbocycles. The number of carbonyl (C=O) groups is 2. The molecule has 0 atom stereocenters. The maximum absolute atomic E-state index is 12.1. The van der Waals surface area contributed by atoms with E-state index in [0.29, 0.717) is 18.8 Å². The van der Waals surface area contributed by atoms with Crippen molar-refractivity contribution >= 4 is 17.6 Å². The number of hydrogen-bond acceptors (Lipinski definition) is 6. The molecule has 0 saturated heterocycles. The topological polar surface area (TPSA) is 138 Å². The number of nitrogens with zero attached hydrogens (tertiary/aromatic N) is 4. The summed E-state index contributed by atoms with van der Waals surface area (Å²) in [4.78, 5) is 26.0. The molecule has 1 aromatic heterocycles. The van der Waals surface area contributed by atoms with E-state index in [4.69, 9.17) is 5.73 Å². The molecule has 1 amide bonds. The Labute approximate surface area is 215 Å². The third kappa shape index (κ3) is 6.00. The molecule has 0 bridgehead atoms. The fourth-order valence-electron chi connectivity index (χ4n) is 4.52. The number of nitrogens with two attached hydrogens (primary N) is 1. The lowest BCUT2D eigenvalue weighted by Gasteiger charge is -2.28. The van der Waals surface area contributed by atoms with Crippen molar-refractivity contribution in [1.82, 2.24) is 20.6 Å². The van der Waals surface area contributed by atoms with Crippen LogP contribution in [-0.2, 0) is 17.8 Å². The Hall–Kier alpha value is -4.53. The average Bonchev–Trinajstić information content (AvgIpc) is 3.42. The summed E-state index contributed by atoms with van der Waals surface area (Å²) in [6.45, 7) is 4.30. The highest BCUT2D eigenvalue weighted by Crippen LogP contribution is 2.32. The van der Waals surface area contributed by atoms with Crippen molar-refractivity contribution in [3.63, 3.8) is 0 Å². The SMILES string of the molecule is CCCCc1c(C(=O)O)cc(C)cc1N(CC(N)=O)Cc1ccc(-c2ccccc2-c2nn[nH]n2)cc1. The van der Waals surface area contributed by atoms with Crippen molar-refractivity contribution < 1.29 is 14.7 Å². The lowest BCUT2D eigenvalue weighted by atomic mass is 9.96. The first-order chi connectivity index (χ1) is 17.9. The van der Waals surface area contributed by atoms with E-state index in [1.54, 1.807) is 6.07 Å². The first-order valence-electron chi connectivity index (χ1n) is 12.2. The van der Waals surface area contributed by atoms with Crippen molar-refractivity contribution in [2.45, 2.75) is 39.7 Å². The minimum atomic E-state index is -0.973. The van der Waals surface area contributed by atoms with Crippen molar-refractivity contribution in [3.8, 4) is 22.5 Å². The van der Waals surface area contributed by atoms with E-state index in [-0.39, 0.29) is 12.1 Å². The summed E-state index contributed by atoms with van der Waals surface area (Å²) in [6, 6.07) is 19.5. The van der Waals surface area contributed by atoms with E-state index in [2.05, 4.69) is 27.5 Å². The predicted octanol–water partition coefficient (Wildman–Crippen LogP) is 4.37. The number of amides is 1. The molecule has 0 fully saturated rings. The van der Waals surface area contributed by atoms with Crippen LogP contribution in [0.3, 0.4) is 0 Å². The van der Waals surface area contributed by atoms with Crippen molar-refractivity contribution in [2.75, 3.05) is 11.4 Å². The van der Waals surface area contributed by atoms with Crippen LogP contribution in [0.2, 0.25) is 0 Å². The highest BCUT2D eigenvalue weighted by atomic mass is 16.4. The van der Waals surface area contributed by atoms with Gasteiger partial charge in [-0.1, -0.05) is 61.9 Å². The smallest absolute Gasteiger partial charge is 0.336 e. The number of carboxylic acid groups (broad SMARTS) is 1. The molecule has 4 rings (SSSR count). The maximum Gasteiger partial charge on any atom is 0.336 e. The third-order valence-corrected chi connectivity index (χ3v) is 6.22. The highest BCUT2D eigenvalue weighted by Gasteiger charge is 2.21. The number of aryl methyl sites for hydroxylation is 1. The van der Waals surface area contributed by atoms with E-state index in [9.17, 15) is 14.7 Å². The number of unbranched alkanes of at least 4 members (excludes halogenated alkanes) is 1. The molecule has 0 aliphatic carbocycles. The molecule has 0 unspecified atom stereocenters. The Morgan fingerprint density at radius 2 is 1.78 bits per heavy atom. The first kappa shape index (κ1) is 25.6. The lowest BCUT2D eigenvalue weighted by molar-refractivity contribution is -0.116. The Morgan fingerprint density at radius 1 is 1.05 bits per heavy atom. The van der Waals surface area contributed by atoms with Gasteiger partial charge in [-0.2, -0.15) is 5.21 Å². The van der Waals surface area contributed by atoms with Crippen LogP contribution in [0.4, 0.5) is 5.69 Å². The summed E-state index contributed by atoms with van der Waals surface area (Å²) in [5, 5.41) is 24.2. The minimum absolute atomic E-state index is 0.0238. The van der Waals surface area contributed by atoms with Crippen LogP contribution in [0.25, 0.3) is 22.5 Å². The lowest BCUT2D eigenvalue weighted by Crippen LogP contribution is -2.34. The Kier molecular flexibility index (Phi) is 7.92. The second-order valence-corrected chi connectivity index (χ2v) is 9.02. The Bertz CT molecular complexity index is 1380. The molecule has 37 heavy (non-hydrogen) atoms. The molecule has 0 aliphatic heterocycles.